The lowest BCUT2D eigenvalue weighted by Crippen LogP contribution is -2.46. The number of aromatic carboxylic acids is 1. The first-order valence-corrected chi connectivity index (χ1v) is 12.7. The molecule has 39 heavy (non-hydrogen) atoms. The molecule has 8 nitrogen and oxygen atoms in total. The molecule has 0 amide bonds. The Morgan fingerprint density at radius 1 is 0.923 bits per heavy atom. The maximum absolute atomic E-state index is 15.5. The van der Waals surface area contributed by atoms with Crippen LogP contribution in [0, 0.1) is 5.82 Å². The zero-order chi connectivity index (χ0) is 26.9. The highest BCUT2D eigenvalue weighted by Gasteiger charge is 2.23. The highest BCUT2D eigenvalue weighted by Crippen LogP contribution is 2.29. The van der Waals surface area contributed by atoms with Gasteiger partial charge >= 0.3 is 5.97 Å². The van der Waals surface area contributed by atoms with Gasteiger partial charge in [0, 0.05) is 55.8 Å². The van der Waals surface area contributed by atoms with E-state index in [1.165, 1.54) is 12.3 Å². The normalized spacial score (nSPS) is 13.7. The number of halogens is 1. The summed E-state index contributed by atoms with van der Waals surface area (Å²) in [5.41, 5.74) is 2.43. The standard InChI is InChI=1S/C30H26FN5O3/c31-25-16-23-27(17-28(25)35-14-12-34(13-15-35)22-7-2-1-3-8-22)36(19-24(29(23)37)30(38)39)26-9-5-4-6-21(26)18-33-11-10-32-20-33/h1-11,16-17,19-20H,12-15,18H2,(H,38,39). The van der Waals surface area contributed by atoms with Crippen LogP contribution in [0.3, 0.4) is 0 Å². The lowest BCUT2D eigenvalue weighted by molar-refractivity contribution is 0.0695. The molecular formula is C30H26FN5O3. The highest BCUT2D eigenvalue weighted by molar-refractivity contribution is 5.94. The molecule has 6 rings (SSSR count). The number of carboxylic acid groups (broad SMARTS) is 1. The minimum atomic E-state index is -1.36. The van der Waals surface area contributed by atoms with E-state index in [4.69, 9.17) is 0 Å². The maximum Gasteiger partial charge on any atom is 0.341 e. The van der Waals surface area contributed by atoms with Gasteiger partial charge in [0.15, 0.2) is 0 Å². The third-order valence-corrected chi connectivity index (χ3v) is 7.21. The van der Waals surface area contributed by atoms with E-state index < -0.39 is 22.8 Å². The number of carboxylic acids is 1. The Kier molecular flexibility index (Phi) is 6.32. The van der Waals surface area contributed by atoms with E-state index in [-0.39, 0.29) is 5.39 Å². The van der Waals surface area contributed by atoms with Gasteiger partial charge in [-0.1, -0.05) is 36.4 Å². The summed E-state index contributed by atoms with van der Waals surface area (Å²) in [7, 11) is 0. The van der Waals surface area contributed by atoms with Crippen molar-refractivity contribution >= 4 is 28.2 Å². The fourth-order valence-corrected chi connectivity index (χ4v) is 5.23. The van der Waals surface area contributed by atoms with E-state index in [1.807, 2.05) is 58.1 Å². The van der Waals surface area contributed by atoms with E-state index in [9.17, 15) is 14.7 Å². The molecule has 1 fully saturated rings. The van der Waals surface area contributed by atoms with Crippen molar-refractivity contribution in [1.29, 1.82) is 0 Å². The number of imidazole rings is 1. The number of benzene rings is 3. The Labute approximate surface area is 223 Å². The summed E-state index contributed by atoms with van der Waals surface area (Å²) in [5.74, 6) is -1.90. The number of pyridine rings is 1. The molecule has 196 valence electrons. The molecule has 1 aliphatic heterocycles. The van der Waals surface area contributed by atoms with Crippen LogP contribution >= 0.6 is 0 Å². The number of piperazine rings is 1. The van der Waals surface area contributed by atoms with E-state index in [1.54, 1.807) is 23.2 Å². The van der Waals surface area contributed by atoms with E-state index in [0.29, 0.717) is 36.5 Å². The first kappa shape index (κ1) is 24.4. The van der Waals surface area contributed by atoms with Crippen LogP contribution in [0.1, 0.15) is 15.9 Å². The van der Waals surface area contributed by atoms with Crippen LogP contribution in [0.15, 0.2) is 96.4 Å². The predicted octanol–water partition coefficient (Wildman–Crippen LogP) is 4.40. The number of hydrogen-bond donors (Lipinski definition) is 1. The van der Waals surface area contributed by atoms with Crippen LogP contribution < -0.4 is 15.2 Å². The molecule has 1 aliphatic rings. The van der Waals surface area contributed by atoms with Crippen LogP contribution in [0.2, 0.25) is 0 Å². The van der Waals surface area contributed by atoms with Crippen LogP contribution in [0.4, 0.5) is 15.8 Å². The fourth-order valence-electron chi connectivity index (χ4n) is 5.23. The van der Waals surface area contributed by atoms with Crippen molar-refractivity contribution in [2.75, 3.05) is 36.0 Å². The zero-order valence-electron chi connectivity index (χ0n) is 21.1. The van der Waals surface area contributed by atoms with Crippen LogP contribution in [0.25, 0.3) is 16.6 Å². The lowest BCUT2D eigenvalue weighted by Gasteiger charge is -2.37. The SMILES string of the molecule is O=C(O)c1cn(-c2ccccc2Cn2ccnc2)c2cc(N3CCN(c4ccccc4)CC3)c(F)cc2c1=O. The van der Waals surface area contributed by atoms with Crippen LogP contribution in [0.5, 0.6) is 0 Å². The van der Waals surface area contributed by atoms with Gasteiger partial charge < -0.3 is 24.0 Å². The van der Waals surface area contributed by atoms with Crippen molar-refractivity contribution in [3.05, 3.63) is 119 Å². The molecule has 0 saturated carbocycles. The Morgan fingerprint density at radius 3 is 2.36 bits per heavy atom. The zero-order valence-corrected chi connectivity index (χ0v) is 21.1. The molecule has 0 spiro atoms. The molecule has 0 unspecified atom stereocenters. The number of para-hydroxylation sites is 2. The smallest absolute Gasteiger partial charge is 0.341 e. The van der Waals surface area contributed by atoms with Gasteiger partial charge in [0.2, 0.25) is 5.43 Å². The summed E-state index contributed by atoms with van der Waals surface area (Å²) >= 11 is 0. The van der Waals surface area contributed by atoms with E-state index in [2.05, 4.69) is 22.0 Å². The average Bonchev–Trinajstić information content (AvgIpc) is 3.47. The molecule has 3 heterocycles. The third kappa shape index (κ3) is 4.63. The maximum atomic E-state index is 15.5. The predicted molar refractivity (Wildman–Crippen MR) is 149 cm³/mol. The number of nitrogens with zero attached hydrogens (tertiary/aromatic N) is 5. The van der Waals surface area contributed by atoms with Crippen molar-refractivity contribution < 1.29 is 14.3 Å². The largest absolute Gasteiger partial charge is 0.477 e. The summed E-state index contributed by atoms with van der Waals surface area (Å²) in [5, 5.41) is 9.81. The number of aromatic nitrogens is 3. The monoisotopic (exact) mass is 523 g/mol. The van der Waals surface area contributed by atoms with Crippen molar-refractivity contribution in [2.45, 2.75) is 6.54 Å². The lowest BCUT2D eigenvalue weighted by atomic mass is 10.1. The summed E-state index contributed by atoms with van der Waals surface area (Å²) in [6, 6.07) is 20.5. The van der Waals surface area contributed by atoms with Gasteiger partial charge in [-0.05, 0) is 35.9 Å². The van der Waals surface area contributed by atoms with Gasteiger partial charge in [-0.15, -0.1) is 0 Å². The minimum Gasteiger partial charge on any atom is -0.477 e. The quantitative estimate of drug-likeness (QED) is 0.355. The van der Waals surface area contributed by atoms with Gasteiger partial charge in [-0.2, -0.15) is 0 Å². The molecule has 3 aromatic carbocycles. The number of anilines is 2. The first-order chi connectivity index (χ1) is 19.0. The second-order valence-electron chi connectivity index (χ2n) is 9.54. The Balaban J connectivity index is 1.45. The Hall–Kier alpha value is -4.92. The first-order valence-electron chi connectivity index (χ1n) is 12.7. The number of hydrogen-bond acceptors (Lipinski definition) is 5. The van der Waals surface area contributed by atoms with Gasteiger partial charge in [-0.25, -0.2) is 14.2 Å². The second-order valence-corrected chi connectivity index (χ2v) is 9.54. The van der Waals surface area contributed by atoms with Crippen LogP contribution in [-0.4, -0.2) is 51.4 Å². The number of rotatable bonds is 6. The van der Waals surface area contributed by atoms with Crippen molar-refractivity contribution in [1.82, 2.24) is 14.1 Å². The number of carbonyl (C=O) groups is 1. The third-order valence-electron chi connectivity index (χ3n) is 7.21. The van der Waals surface area contributed by atoms with Gasteiger partial charge in [0.25, 0.3) is 0 Å². The van der Waals surface area contributed by atoms with Crippen LogP contribution in [-0.2, 0) is 6.54 Å². The summed E-state index contributed by atoms with van der Waals surface area (Å²) in [4.78, 5) is 33.5. The molecule has 1 saturated heterocycles. The Morgan fingerprint density at radius 2 is 1.64 bits per heavy atom. The second kappa shape index (κ2) is 10.1. The van der Waals surface area contributed by atoms with Crippen molar-refractivity contribution in [3.63, 3.8) is 0 Å². The molecular weight excluding hydrogens is 497 g/mol. The van der Waals surface area contributed by atoms with Crippen molar-refractivity contribution in [3.8, 4) is 5.69 Å². The topological polar surface area (TPSA) is 83.6 Å². The number of fused-ring (bicyclic) bond motifs is 1. The summed E-state index contributed by atoms with van der Waals surface area (Å²) in [6.45, 7) is 3.14. The highest BCUT2D eigenvalue weighted by atomic mass is 19.1. The molecule has 0 atom stereocenters. The van der Waals surface area contributed by atoms with Gasteiger partial charge in [0.1, 0.15) is 11.4 Å². The van der Waals surface area contributed by atoms with Crippen molar-refractivity contribution in [2.24, 2.45) is 0 Å². The molecule has 0 aliphatic carbocycles. The molecule has 2 aromatic heterocycles. The molecule has 5 aromatic rings. The molecule has 0 radical (unpaired) electrons. The average molecular weight is 524 g/mol. The summed E-state index contributed by atoms with van der Waals surface area (Å²) < 4.78 is 19.1. The molecule has 9 heteroatoms. The van der Waals surface area contributed by atoms with Gasteiger partial charge in [-0.3, -0.25) is 4.79 Å². The molecule has 1 N–H and O–H groups in total. The minimum absolute atomic E-state index is 0.0245. The van der Waals surface area contributed by atoms with E-state index in [0.717, 1.165) is 24.3 Å². The summed E-state index contributed by atoms with van der Waals surface area (Å²) in [6.07, 6.45) is 6.57. The van der Waals surface area contributed by atoms with Gasteiger partial charge in [0.05, 0.1) is 29.8 Å². The van der Waals surface area contributed by atoms with E-state index >= 15 is 4.39 Å². The Bertz CT molecular complexity index is 1710. The fraction of sp³-hybridized carbons (Fsp3) is 0.167. The molecule has 0 bridgehead atoms.